The van der Waals surface area contributed by atoms with Crippen molar-refractivity contribution in [1.82, 2.24) is 10.2 Å². The summed E-state index contributed by atoms with van der Waals surface area (Å²) in [4.78, 5) is 14.1. The number of ether oxygens (including phenoxy) is 1. The predicted molar refractivity (Wildman–Crippen MR) is 88.6 cm³/mol. The Balaban J connectivity index is 1.86. The van der Waals surface area contributed by atoms with E-state index in [0.717, 1.165) is 31.5 Å². The largest absolute Gasteiger partial charge is 0.445 e. The molecule has 120 valence electrons. The monoisotopic (exact) mass is 302 g/mol. The summed E-state index contributed by atoms with van der Waals surface area (Å²) in [7, 11) is 0. The third kappa shape index (κ3) is 4.60. The van der Waals surface area contributed by atoms with Gasteiger partial charge >= 0.3 is 6.09 Å². The van der Waals surface area contributed by atoms with Gasteiger partial charge in [0.1, 0.15) is 6.61 Å². The van der Waals surface area contributed by atoms with Gasteiger partial charge in [-0.15, -0.1) is 6.58 Å². The lowest BCUT2D eigenvalue weighted by atomic mass is 9.89. The van der Waals surface area contributed by atoms with Crippen molar-refractivity contribution in [1.29, 1.82) is 0 Å². The maximum absolute atomic E-state index is 12.2. The molecule has 1 aliphatic heterocycles. The molecule has 0 aromatic heterocycles. The number of allylic oxidation sites excluding steroid dienone is 1. The second kappa shape index (κ2) is 8.59. The van der Waals surface area contributed by atoms with Gasteiger partial charge in [-0.2, -0.15) is 0 Å². The van der Waals surface area contributed by atoms with Crippen LogP contribution in [0.25, 0.3) is 0 Å². The first kappa shape index (κ1) is 16.6. The molecule has 0 unspecified atom stereocenters. The quantitative estimate of drug-likeness (QED) is 0.821. The molecule has 0 saturated carbocycles. The second-order valence-electron chi connectivity index (χ2n) is 5.72. The number of likely N-dealkylation sites (tertiary alicyclic amines) is 1. The smallest absolute Gasteiger partial charge is 0.410 e. The van der Waals surface area contributed by atoms with Gasteiger partial charge in [0, 0.05) is 19.1 Å². The van der Waals surface area contributed by atoms with Crippen LogP contribution in [-0.4, -0.2) is 36.7 Å². The highest BCUT2D eigenvalue weighted by Crippen LogP contribution is 2.22. The third-order valence-electron chi connectivity index (χ3n) is 4.15. The van der Waals surface area contributed by atoms with Crippen LogP contribution in [0.4, 0.5) is 4.79 Å². The number of nitrogens with zero attached hydrogens (tertiary/aromatic N) is 1. The zero-order valence-electron chi connectivity index (χ0n) is 13.3. The summed E-state index contributed by atoms with van der Waals surface area (Å²) >= 11 is 0. The lowest BCUT2D eigenvalue weighted by molar-refractivity contribution is 0.0725. The molecule has 0 spiro atoms. The minimum absolute atomic E-state index is 0.219. The molecule has 0 radical (unpaired) electrons. The number of hydrogen-bond acceptors (Lipinski definition) is 3. The van der Waals surface area contributed by atoms with Crippen molar-refractivity contribution in [3.8, 4) is 0 Å². The maximum atomic E-state index is 12.2. The fraction of sp³-hybridized carbons (Fsp3) is 0.500. The number of nitrogens with one attached hydrogen (secondary N) is 1. The number of carbonyl (C=O) groups excluding carboxylic acids is 1. The summed E-state index contributed by atoms with van der Waals surface area (Å²) in [6.45, 7) is 8.63. The van der Waals surface area contributed by atoms with Gasteiger partial charge in [-0.05, 0) is 30.9 Å². The molecule has 1 saturated heterocycles. The first-order chi connectivity index (χ1) is 10.7. The van der Waals surface area contributed by atoms with Gasteiger partial charge in [-0.1, -0.05) is 43.3 Å². The van der Waals surface area contributed by atoms with Crippen LogP contribution >= 0.6 is 0 Å². The predicted octanol–water partition coefficient (Wildman–Crippen LogP) is 3.20. The van der Waals surface area contributed by atoms with Gasteiger partial charge in [0.2, 0.25) is 0 Å². The number of benzene rings is 1. The third-order valence-corrected chi connectivity index (χ3v) is 4.15. The Labute approximate surface area is 133 Å². The van der Waals surface area contributed by atoms with Crippen molar-refractivity contribution in [3.05, 3.63) is 48.6 Å². The number of amides is 1. The van der Waals surface area contributed by atoms with E-state index in [0.29, 0.717) is 25.1 Å². The fourth-order valence-electron chi connectivity index (χ4n) is 2.97. The molecular weight excluding hydrogens is 276 g/mol. The highest BCUT2D eigenvalue weighted by atomic mass is 16.6. The molecule has 1 aliphatic rings. The lowest BCUT2D eigenvalue weighted by Crippen LogP contribution is -2.52. The Hall–Kier alpha value is -1.81. The van der Waals surface area contributed by atoms with Crippen LogP contribution in [0.2, 0.25) is 0 Å². The van der Waals surface area contributed by atoms with Crippen LogP contribution in [0.3, 0.4) is 0 Å². The van der Waals surface area contributed by atoms with Crippen LogP contribution in [0.1, 0.15) is 25.3 Å². The number of rotatable bonds is 6. The van der Waals surface area contributed by atoms with Crippen molar-refractivity contribution in [3.63, 3.8) is 0 Å². The fourth-order valence-corrected chi connectivity index (χ4v) is 2.97. The molecule has 0 aliphatic carbocycles. The van der Waals surface area contributed by atoms with Crippen molar-refractivity contribution in [2.45, 2.75) is 32.4 Å². The van der Waals surface area contributed by atoms with Crippen LogP contribution in [0.5, 0.6) is 0 Å². The molecule has 4 nitrogen and oxygen atoms in total. The topological polar surface area (TPSA) is 41.6 Å². The van der Waals surface area contributed by atoms with Crippen LogP contribution in [0.15, 0.2) is 43.0 Å². The van der Waals surface area contributed by atoms with Gasteiger partial charge in [0.05, 0.1) is 0 Å². The van der Waals surface area contributed by atoms with E-state index in [1.54, 1.807) is 0 Å². The van der Waals surface area contributed by atoms with E-state index in [1.807, 2.05) is 41.3 Å². The molecule has 22 heavy (non-hydrogen) atoms. The molecular formula is C18H26N2O2. The van der Waals surface area contributed by atoms with E-state index in [1.165, 1.54) is 0 Å². The number of hydrogen-bond donors (Lipinski definition) is 1. The minimum atomic E-state index is -0.219. The van der Waals surface area contributed by atoms with Crippen molar-refractivity contribution >= 4 is 6.09 Å². The summed E-state index contributed by atoms with van der Waals surface area (Å²) in [6, 6.07) is 10.1. The zero-order chi connectivity index (χ0) is 15.8. The molecule has 2 atom stereocenters. The average Bonchev–Trinajstić information content (AvgIpc) is 2.55. The van der Waals surface area contributed by atoms with E-state index in [4.69, 9.17) is 4.74 Å². The summed E-state index contributed by atoms with van der Waals surface area (Å²) in [6.07, 6.45) is 3.73. The van der Waals surface area contributed by atoms with Crippen LogP contribution < -0.4 is 5.32 Å². The van der Waals surface area contributed by atoms with E-state index in [2.05, 4.69) is 18.8 Å². The maximum Gasteiger partial charge on any atom is 0.410 e. The first-order valence-corrected chi connectivity index (χ1v) is 8.04. The Morgan fingerprint density at radius 1 is 1.45 bits per heavy atom. The summed E-state index contributed by atoms with van der Waals surface area (Å²) in [5, 5.41) is 3.48. The summed E-state index contributed by atoms with van der Waals surface area (Å²) < 4.78 is 5.43. The minimum Gasteiger partial charge on any atom is -0.445 e. The van der Waals surface area contributed by atoms with Gasteiger partial charge in [0.25, 0.3) is 0 Å². The Morgan fingerprint density at radius 3 is 2.91 bits per heavy atom. The molecule has 0 bridgehead atoms. The molecule has 1 amide bonds. The van der Waals surface area contributed by atoms with Gasteiger partial charge < -0.3 is 15.0 Å². The van der Waals surface area contributed by atoms with E-state index < -0.39 is 0 Å². The summed E-state index contributed by atoms with van der Waals surface area (Å²) in [5.41, 5.74) is 1.01. The van der Waals surface area contributed by atoms with Gasteiger partial charge in [-0.25, -0.2) is 4.79 Å². The Kier molecular flexibility index (Phi) is 6.46. The van der Waals surface area contributed by atoms with E-state index >= 15 is 0 Å². The Morgan fingerprint density at radius 2 is 2.23 bits per heavy atom. The molecule has 1 aromatic rings. The van der Waals surface area contributed by atoms with Crippen molar-refractivity contribution < 1.29 is 9.53 Å². The van der Waals surface area contributed by atoms with E-state index in [-0.39, 0.29) is 6.09 Å². The molecule has 1 N–H and O–H groups in total. The Bertz CT molecular complexity index is 475. The molecule has 1 aromatic carbocycles. The van der Waals surface area contributed by atoms with Crippen LogP contribution in [0, 0.1) is 5.92 Å². The number of likely N-dealkylation sites (N-methyl/N-ethyl adjacent to an activating group) is 1. The van der Waals surface area contributed by atoms with Gasteiger partial charge in [0.15, 0.2) is 0 Å². The number of piperidine rings is 1. The lowest BCUT2D eigenvalue weighted by Gasteiger charge is -2.38. The van der Waals surface area contributed by atoms with Crippen molar-refractivity contribution in [2.75, 3.05) is 19.6 Å². The first-order valence-electron chi connectivity index (χ1n) is 8.04. The molecule has 1 heterocycles. The second-order valence-corrected chi connectivity index (χ2v) is 5.72. The molecule has 2 rings (SSSR count). The highest BCUT2D eigenvalue weighted by molar-refractivity contribution is 5.67. The van der Waals surface area contributed by atoms with Crippen molar-refractivity contribution in [2.24, 2.45) is 5.92 Å². The SMILES string of the molecule is C=CC[C@@H]1CCN(C(=O)OCc2ccccc2)C[C@H]1NCC. The average molecular weight is 302 g/mol. The highest BCUT2D eigenvalue weighted by Gasteiger charge is 2.30. The standard InChI is InChI=1S/C18H26N2O2/c1-3-8-16-11-12-20(13-17(16)19-4-2)18(21)22-14-15-9-6-5-7-10-15/h3,5-7,9-10,16-17,19H,1,4,8,11-14H2,2H3/t16-,17-/m1/s1. The van der Waals surface area contributed by atoms with Gasteiger partial charge in [-0.3, -0.25) is 0 Å². The van der Waals surface area contributed by atoms with Crippen LogP contribution in [-0.2, 0) is 11.3 Å². The molecule has 4 heteroatoms. The number of carbonyl (C=O) groups is 1. The zero-order valence-corrected chi connectivity index (χ0v) is 13.3. The summed E-state index contributed by atoms with van der Waals surface area (Å²) in [5.74, 6) is 0.552. The van der Waals surface area contributed by atoms with E-state index in [9.17, 15) is 4.79 Å². The normalized spacial score (nSPS) is 21.4. The molecule has 1 fully saturated rings.